The second kappa shape index (κ2) is 6.97. The number of carbonyl (C=O) groups is 1. The van der Waals surface area contributed by atoms with Crippen molar-refractivity contribution in [1.29, 1.82) is 0 Å². The molecule has 0 saturated carbocycles. The standard InChI is InChI=1S/C19H16N4O2S/c1-22(13-15-9-5-11-25-15)19(24)17-20-18(16-10-6-12-26-16)23(21-17)14-7-3-2-4-8-14/h2-12H,13H2,1H3. The summed E-state index contributed by atoms with van der Waals surface area (Å²) in [6, 6.07) is 17.2. The summed E-state index contributed by atoms with van der Waals surface area (Å²) in [6.45, 7) is 0.361. The molecule has 0 radical (unpaired) electrons. The van der Waals surface area contributed by atoms with E-state index in [0.29, 0.717) is 18.1 Å². The van der Waals surface area contributed by atoms with Crippen molar-refractivity contribution in [3.8, 4) is 16.4 Å². The fourth-order valence-corrected chi connectivity index (χ4v) is 3.29. The smallest absolute Gasteiger partial charge is 0.293 e. The molecule has 26 heavy (non-hydrogen) atoms. The molecule has 0 N–H and O–H groups in total. The van der Waals surface area contributed by atoms with Gasteiger partial charge < -0.3 is 9.32 Å². The number of rotatable bonds is 5. The summed E-state index contributed by atoms with van der Waals surface area (Å²) in [6.07, 6.45) is 1.59. The SMILES string of the molecule is CN(Cc1ccco1)C(=O)c1nc(-c2cccs2)n(-c2ccccc2)n1. The lowest BCUT2D eigenvalue weighted by molar-refractivity contribution is 0.0763. The van der Waals surface area contributed by atoms with E-state index in [4.69, 9.17) is 4.42 Å². The summed E-state index contributed by atoms with van der Waals surface area (Å²) in [5, 5.41) is 6.45. The predicted molar refractivity (Wildman–Crippen MR) is 99.2 cm³/mol. The van der Waals surface area contributed by atoms with Gasteiger partial charge in [0, 0.05) is 7.05 Å². The quantitative estimate of drug-likeness (QED) is 0.539. The number of carbonyl (C=O) groups excluding carboxylic acids is 1. The Morgan fingerprint density at radius 3 is 2.69 bits per heavy atom. The molecule has 0 aliphatic heterocycles. The number of para-hydroxylation sites is 1. The van der Waals surface area contributed by atoms with E-state index in [1.54, 1.807) is 40.3 Å². The number of nitrogens with zero attached hydrogens (tertiary/aromatic N) is 4. The molecule has 7 heteroatoms. The van der Waals surface area contributed by atoms with Crippen LogP contribution in [0.3, 0.4) is 0 Å². The third-order valence-corrected chi connectivity index (χ3v) is 4.73. The van der Waals surface area contributed by atoms with Crippen molar-refractivity contribution in [3.63, 3.8) is 0 Å². The molecule has 0 unspecified atom stereocenters. The molecule has 0 aliphatic rings. The van der Waals surface area contributed by atoms with E-state index in [1.165, 1.54) is 0 Å². The Morgan fingerprint density at radius 1 is 1.15 bits per heavy atom. The molecular weight excluding hydrogens is 348 g/mol. The maximum atomic E-state index is 12.8. The van der Waals surface area contributed by atoms with Gasteiger partial charge in [0.15, 0.2) is 5.82 Å². The van der Waals surface area contributed by atoms with Crippen molar-refractivity contribution in [2.45, 2.75) is 6.54 Å². The van der Waals surface area contributed by atoms with E-state index in [-0.39, 0.29) is 11.7 Å². The topological polar surface area (TPSA) is 64.2 Å². The fourth-order valence-electron chi connectivity index (χ4n) is 2.60. The zero-order chi connectivity index (χ0) is 17.9. The van der Waals surface area contributed by atoms with Gasteiger partial charge in [-0.25, -0.2) is 9.67 Å². The predicted octanol–water partition coefficient (Wildman–Crippen LogP) is 3.86. The van der Waals surface area contributed by atoms with E-state index in [1.807, 2.05) is 53.9 Å². The van der Waals surface area contributed by atoms with Gasteiger partial charge in [0.05, 0.1) is 23.4 Å². The maximum absolute atomic E-state index is 12.8. The molecule has 4 aromatic rings. The lowest BCUT2D eigenvalue weighted by Crippen LogP contribution is -2.27. The summed E-state index contributed by atoms with van der Waals surface area (Å²) >= 11 is 1.56. The number of aromatic nitrogens is 3. The highest BCUT2D eigenvalue weighted by molar-refractivity contribution is 7.13. The highest BCUT2D eigenvalue weighted by Crippen LogP contribution is 2.25. The Hall–Kier alpha value is -3.19. The first kappa shape index (κ1) is 16.3. The molecule has 4 rings (SSSR count). The Labute approximate surface area is 154 Å². The summed E-state index contributed by atoms with van der Waals surface area (Å²) in [4.78, 5) is 19.8. The minimum Gasteiger partial charge on any atom is -0.467 e. The van der Waals surface area contributed by atoms with Gasteiger partial charge in [-0.3, -0.25) is 4.79 Å². The van der Waals surface area contributed by atoms with Crippen LogP contribution in [-0.2, 0) is 6.54 Å². The Balaban J connectivity index is 1.70. The molecule has 3 aromatic heterocycles. The molecule has 0 aliphatic carbocycles. The molecule has 0 bridgehead atoms. The van der Waals surface area contributed by atoms with Crippen molar-refractivity contribution in [3.05, 3.63) is 77.8 Å². The number of benzene rings is 1. The van der Waals surface area contributed by atoms with Crippen LogP contribution in [0.2, 0.25) is 0 Å². The first-order chi connectivity index (χ1) is 12.7. The Morgan fingerprint density at radius 2 is 2.00 bits per heavy atom. The van der Waals surface area contributed by atoms with Crippen LogP contribution in [0.15, 0.2) is 70.7 Å². The molecule has 0 spiro atoms. The minimum absolute atomic E-state index is 0.159. The Kier molecular flexibility index (Phi) is 4.37. The van der Waals surface area contributed by atoms with E-state index < -0.39 is 0 Å². The van der Waals surface area contributed by atoms with Crippen molar-refractivity contribution >= 4 is 17.2 Å². The van der Waals surface area contributed by atoms with Gasteiger partial charge in [-0.2, -0.15) is 0 Å². The summed E-state index contributed by atoms with van der Waals surface area (Å²) in [5.74, 6) is 1.27. The third-order valence-electron chi connectivity index (χ3n) is 3.86. The van der Waals surface area contributed by atoms with Gasteiger partial charge in [-0.05, 0) is 35.7 Å². The van der Waals surface area contributed by atoms with Gasteiger partial charge in [0.25, 0.3) is 5.91 Å². The normalized spacial score (nSPS) is 10.8. The second-order valence-corrected chi connectivity index (χ2v) is 6.67. The molecule has 130 valence electrons. The lowest BCUT2D eigenvalue weighted by Gasteiger charge is -2.13. The van der Waals surface area contributed by atoms with E-state index >= 15 is 0 Å². The molecule has 3 heterocycles. The molecule has 1 amide bonds. The monoisotopic (exact) mass is 364 g/mol. The first-order valence-electron chi connectivity index (χ1n) is 8.06. The van der Waals surface area contributed by atoms with Gasteiger partial charge in [0.2, 0.25) is 5.82 Å². The van der Waals surface area contributed by atoms with Crippen LogP contribution < -0.4 is 0 Å². The van der Waals surface area contributed by atoms with Gasteiger partial charge in [-0.15, -0.1) is 16.4 Å². The second-order valence-electron chi connectivity index (χ2n) is 5.72. The van der Waals surface area contributed by atoms with Crippen LogP contribution in [0.4, 0.5) is 0 Å². The van der Waals surface area contributed by atoms with Gasteiger partial charge in [-0.1, -0.05) is 24.3 Å². The van der Waals surface area contributed by atoms with E-state index in [0.717, 1.165) is 10.6 Å². The zero-order valence-corrected chi connectivity index (χ0v) is 14.9. The van der Waals surface area contributed by atoms with E-state index in [2.05, 4.69) is 10.1 Å². The van der Waals surface area contributed by atoms with Crippen molar-refractivity contribution in [2.75, 3.05) is 7.05 Å². The lowest BCUT2D eigenvalue weighted by atomic mass is 10.3. The highest BCUT2D eigenvalue weighted by Gasteiger charge is 2.22. The van der Waals surface area contributed by atoms with Crippen LogP contribution in [0.1, 0.15) is 16.4 Å². The van der Waals surface area contributed by atoms with Crippen molar-refractivity contribution in [2.24, 2.45) is 0 Å². The number of hydrogen-bond acceptors (Lipinski definition) is 5. The van der Waals surface area contributed by atoms with Crippen LogP contribution >= 0.6 is 11.3 Å². The molecular formula is C19H16N4O2S. The third kappa shape index (κ3) is 3.16. The molecule has 0 saturated heterocycles. The number of hydrogen-bond donors (Lipinski definition) is 0. The van der Waals surface area contributed by atoms with Gasteiger partial charge in [0.1, 0.15) is 5.76 Å². The number of amides is 1. The largest absolute Gasteiger partial charge is 0.467 e. The van der Waals surface area contributed by atoms with Crippen molar-refractivity contribution < 1.29 is 9.21 Å². The van der Waals surface area contributed by atoms with Crippen LogP contribution in [0.25, 0.3) is 16.4 Å². The fraction of sp³-hybridized carbons (Fsp3) is 0.105. The molecule has 6 nitrogen and oxygen atoms in total. The maximum Gasteiger partial charge on any atom is 0.293 e. The number of furan rings is 1. The average molecular weight is 364 g/mol. The highest BCUT2D eigenvalue weighted by atomic mass is 32.1. The van der Waals surface area contributed by atoms with Crippen LogP contribution in [0, 0.1) is 0 Å². The molecule has 0 atom stereocenters. The van der Waals surface area contributed by atoms with Crippen LogP contribution in [0.5, 0.6) is 0 Å². The number of thiophene rings is 1. The van der Waals surface area contributed by atoms with E-state index in [9.17, 15) is 4.79 Å². The summed E-state index contributed by atoms with van der Waals surface area (Å²) in [7, 11) is 1.71. The van der Waals surface area contributed by atoms with Crippen LogP contribution in [-0.4, -0.2) is 32.6 Å². The van der Waals surface area contributed by atoms with Gasteiger partial charge >= 0.3 is 0 Å². The first-order valence-corrected chi connectivity index (χ1v) is 8.94. The Bertz CT molecular complexity index is 992. The van der Waals surface area contributed by atoms with Crippen molar-refractivity contribution in [1.82, 2.24) is 19.7 Å². The molecule has 0 fully saturated rings. The average Bonchev–Trinajstić information content (AvgIpc) is 3.42. The zero-order valence-electron chi connectivity index (χ0n) is 14.1. The molecule has 1 aromatic carbocycles. The minimum atomic E-state index is -0.256. The summed E-state index contributed by atoms with van der Waals surface area (Å²) in [5.41, 5.74) is 0.858. The summed E-state index contributed by atoms with van der Waals surface area (Å²) < 4.78 is 7.02.